The number of aromatic nitrogens is 1. The first kappa shape index (κ1) is 11.9. The highest BCUT2D eigenvalue weighted by atomic mass is 16.1. The zero-order chi connectivity index (χ0) is 13.1. The largest absolute Gasteiger partial charge is 0.322 e. The minimum atomic E-state index is -0.0560. The Bertz CT molecular complexity index is 593. The molecule has 1 aliphatic rings. The molecule has 1 aromatic carbocycles. The topological polar surface area (TPSA) is 42.0 Å². The van der Waals surface area contributed by atoms with Crippen molar-refractivity contribution in [3.05, 3.63) is 59.4 Å². The molecular weight excluding hydrogens is 236 g/mol. The van der Waals surface area contributed by atoms with Crippen LogP contribution < -0.4 is 5.32 Å². The van der Waals surface area contributed by atoms with Gasteiger partial charge >= 0.3 is 0 Å². The highest BCUT2D eigenvalue weighted by Gasteiger charge is 2.12. The molecule has 0 atom stereocenters. The second-order valence-electron chi connectivity index (χ2n) is 4.88. The van der Waals surface area contributed by atoms with E-state index in [0.717, 1.165) is 24.1 Å². The van der Waals surface area contributed by atoms with Gasteiger partial charge in [-0.25, -0.2) is 0 Å². The highest BCUT2D eigenvalue weighted by Crippen LogP contribution is 2.22. The van der Waals surface area contributed by atoms with Crippen LogP contribution in [-0.2, 0) is 12.8 Å². The molecule has 0 aliphatic heterocycles. The summed E-state index contributed by atoms with van der Waals surface area (Å²) in [5.74, 6) is -0.0560. The van der Waals surface area contributed by atoms with Crippen LogP contribution in [0.4, 0.5) is 5.69 Å². The Morgan fingerprint density at radius 2 is 1.74 bits per heavy atom. The SMILES string of the molecule is O=C(Nc1ccncc1)c1ccc2c(c1)CCCC2. The first-order chi connectivity index (χ1) is 9.33. The molecule has 0 spiro atoms. The smallest absolute Gasteiger partial charge is 0.255 e. The summed E-state index contributed by atoms with van der Waals surface area (Å²) in [5, 5.41) is 2.89. The monoisotopic (exact) mass is 252 g/mol. The summed E-state index contributed by atoms with van der Waals surface area (Å²) < 4.78 is 0. The molecule has 0 saturated heterocycles. The van der Waals surface area contributed by atoms with E-state index >= 15 is 0 Å². The van der Waals surface area contributed by atoms with Crippen molar-refractivity contribution in [2.24, 2.45) is 0 Å². The average molecular weight is 252 g/mol. The predicted molar refractivity (Wildman–Crippen MR) is 75.3 cm³/mol. The Morgan fingerprint density at radius 3 is 2.53 bits per heavy atom. The van der Waals surface area contributed by atoms with Crippen LogP contribution in [0.3, 0.4) is 0 Å². The average Bonchev–Trinajstić information content (AvgIpc) is 2.48. The fraction of sp³-hybridized carbons (Fsp3) is 0.250. The van der Waals surface area contributed by atoms with Gasteiger partial charge in [-0.05, 0) is 61.1 Å². The number of hydrogen-bond acceptors (Lipinski definition) is 2. The molecule has 19 heavy (non-hydrogen) atoms. The number of amides is 1. The number of aryl methyl sites for hydroxylation is 2. The van der Waals surface area contributed by atoms with Gasteiger partial charge in [0.05, 0.1) is 0 Å². The fourth-order valence-electron chi connectivity index (χ4n) is 2.51. The second kappa shape index (κ2) is 5.22. The summed E-state index contributed by atoms with van der Waals surface area (Å²) in [6.45, 7) is 0. The molecule has 0 fully saturated rings. The normalized spacial score (nSPS) is 13.7. The molecular formula is C16H16N2O. The molecule has 3 rings (SSSR count). The molecule has 1 aromatic heterocycles. The Hall–Kier alpha value is -2.16. The summed E-state index contributed by atoms with van der Waals surface area (Å²) in [4.78, 5) is 16.1. The number of nitrogens with one attached hydrogen (secondary N) is 1. The maximum atomic E-state index is 12.2. The minimum Gasteiger partial charge on any atom is -0.322 e. The minimum absolute atomic E-state index is 0.0560. The number of fused-ring (bicyclic) bond motifs is 1. The van der Waals surface area contributed by atoms with Crippen molar-refractivity contribution in [3.63, 3.8) is 0 Å². The summed E-state index contributed by atoms with van der Waals surface area (Å²) >= 11 is 0. The van der Waals surface area contributed by atoms with E-state index in [1.54, 1.807) is 24.5 Å². The zero-order valence-corrected chi connectivity index (χ0v) is 10.7. The lowest BCUT2D eigenvalue weighted by atomic mass is 9.90. The first-order valence-corrected chi connectivity index (χ1v) is 6.66. The maximum Gasteiger partial charge on any atom is 0.255 e. The van der Waals surface area contributed by atoms with Crippen molar-refractivity contribution in [1.82, 2.24) is 4.98 Å². The third kappa shape index (κ3) is 2.65. The first-order valence-electron chi connectivity index (χ1n) is 6.66. The molecule has 3 nitrogen and oxygen atoms in total. The van der Waals surface area contributed by atoms with Crippen LogP contribution in [-0.4, -0.2) is 10.9 Å². The number of pyridine rings is 1. The number of rotatable bonds is 2. The van der Waals surface area contributed by atoms with Crippen LogP contribution in [0, 0.1) is 0 Å². The van der Waals surface area contributed by atoms with Crippen LogP contribution in [0.2, 0.25) is 0 Å². The molecule has 0 bridgehead atoms. The van der Waals surface area contributed by atoms with Gasteiger partial charge in [-0.3, -0.25) is 9.78 Å². The summed E-state index contributed by atoms with van der Waals surface area (Å²) in [7, 11) is 0. The highest BCUT2D eigenvalue weighted by molar-refractivity contribution is 6.04. The van der Waals surface area contributed by atoms with Crippen molar-refractivity contribution in [2.45, 2.75) is 25.7 Å². The molecule has 96 valence electrons. The molecule has 2 aromatic rings. The third-order valence-corrected chi connectivity index (χ3v) is 3.55. The zero-order valence-electron chi connectivity index (χ0n) is 10.7. The number of benzene rings is 1. The van der Waals surface area contributed by atoms with Crippen molar-refractivity contribution < 1.29 is 4.79 Å². The molecule has 1 amide bonds. The van der Waals surface area contributed by atoms with Crippen molar-refractivity contribution in [3.8, 4) is 0 Å². The Labute approximate surface area is 112 Å². The molecule has 0 saturated carbocycles. The van der Waals surface area contributed by atoms with E-state index in [4.69, 9.17) is 0 Å². The molecule has 0 unspecified atom stereocenters. The number of hydrogen-bond donors (Lipinski definition) is 1. The van der Waals surface area contributed by atoms with E-state index in [-0.39, 0.29) is 5.91 Å². The third-order valence-electron chi connectivity index (χ3n) is 3.55. The van der Waals surface area contributed by atoms with Gasteiger partial charge in [-0.15, -0.1) is 0 Å². The lowest BCUT2D eigenvalue weighted by Crippen LogP contribution is -2.13. The van der Waals surface area contributed by atoms with Gasteiger partial charge in [0.2, 0.25) is 0 Å². The van der Waals surface area contributed by atoms with E-state index in [2.05, 4.69) is 16.4 Å². The maximum absolute atomic E-state index is 12.2. The Morgan fingerprint density at radius 1 is 1.00 bits per heavy atom. The number of carbonyl (C=O) groups is 1. The fourth-order valence-corrected chi connectivity index (χ4v) is 2.51. The van der Waals surface area contributed by atoms with Gasteiger partial charge in [0.15, 0.2) is 0 Å². The number of carbonyl (C=O) groups excluding carboxylic acids is 1. The van der Waals surface area contributed by atoms with Crippen LogP contribution >= 0.6 is 0 Å². The molecule has 1 heterocycles. The van der Waals surface area contributed by atoms with Crippen LogP contribution in [0.25, 0.3) is 0 Å². The number of anilines is 1. The second-order valence-corrected chi connectivity index (χ2v) is 4.88. The summed E-state index contributed by atoms with van der Waals surface area (Å²) in [6.07, 6.45) is 8.05. The Balaban J connectivity index is 1.80. The van der Waals surface area contributed by atoms with E-state index < -0.39 is 0 Å². The standard InChI is InChI=1S/C16H16N2O/c19-16(18-15-7-9-17-10-8-15)14-6-5-12-3-1-2-4-13(12)11-14/h5-11H,1-4H2,(H,17,18,19). The quantitative estimate of drug-likeness (QED) is 0.891. The molecule has 3 heteroatoms. The van der Waals surface area contributed by atoms with E-state index in [1.165, 1.54) is 24.0 Å². The molecule has 0 radical (unpaired) electrons. The van der Waals surface area contributed by atoms with Gasteiger partial charge in [-0.2, -0.15) is 0 Å². The molecule has 1 N–H and O–H groups in total. The summed E-state index contributed by atoms with van der Waals surface area (Å²) in [5.41, 5.74) is 4.23. The van der Waals surface area contributed by atoms with E-state index in [9.17, 15) is 4.79 Å². The van der Waals surface area contributed by atoms with Crippen molar-refractivity contribution >= 4 is 11.6 Å². The molecule has 1 aliphatic carbocycles. The Kier molecular flexibility index (Phi) is 3.27. The predicted octanol–water partition coefficient (Wildman–Crippen LogP) is 3.21. The van der Waals surface area contributed by atoms with Gasteiger partial charge in [0.1, 0.15) is 0 Å². The lowest BCUT2D eigenvalue weighted by molar-refractivity contribution is 0.102. The van der Waals surface area contributed by atoms with Gasteiger partial charge < -0.3 is 5.32 Å². The van der Waals surface area contributed by atoms with E-state index in [1.807, 2.05) is 12.1 Å². The summed E-state index contributed by atoms with van der Waals surface area (Å²) in [6, 6.07) is 9.62. The van der Waals surface area contributed by atoms with Crippen LogP contribution in [0.15, 0.2) is 42.7 Å². The lowest BCUT2D eigenvalue weighted by Gasteiger charge is -2.16. The van der Waals surface area contributed by atoms with Gasteiger partial charge in [0, 0.05) is 23.6 Å². The van der Waals surface area contributed by atoms with Crippen molar-refractivity contribution in [2.75, 3.05) is 5.32 Å². The number of nitrogens with zero attached hydrogens (tertiary/aromatic N) is 1. The van der Waals surface area contributed by atoms with Gasteiger partial charge in [-0.1, -0.05) is 6.07 Å². The van der Waals surface area contributed by atoms with Crippen LogP contribution in [0.5, 0.6) is 0 Å². The van der Waals surface area contributed by atoms with E-state index in [0.29, 0.717) is 0 Å². The van der Waals surface area contributed by atoms with Crippen molar-refractivity contribution in [1.29, 1.82) is 0 Å². The van der Waals surface area contributed by atoms with Gasteiger partial charge in [0.25, 0.3) is 5.91 Å². The van der Waals surface area contributed by atoms with Crippen LogP contribution in [0.1, 0.15) is 34.3 Å².